The topological polar surface area (TPSA) is 89.4 Å². The molecular weight excluding hydrogens is 182 g/mol. The number of carbonyl (C=O) groups excluding carboxylic acids is 2. The Labute approximate surface area is 83.4 Å². The lowest BCUT2D eigenvalue weighted by Gasteiger charge is -2.16. The average Bonchev–Trinajstić information content (AvgIpc) is 2.50. The van der Waals surface area contributed by atoms with E-state index in [4.69, 9.17) is 11.5 Å². The van der Waals surface area contributed by atoms with Crippen LogP contribution in [0.15, 0.2) is 0 Å². The Morgan fingerprint density at radius 1 is 1.57 bits per heavy atom. The fraction of sp³-hybridized carbons (Fsp3) is 0.778. The van der Waals surface area contributed by atoms with E-state index in [2.05, 4.69) is 0 Å². The van der Waals surface area contributed by atoms with Gasteiger partial charge in [0.15, 0.2) is 0 Å². The van der Waals surface area contributed by atoms with Crippen molar-refractivity contribution in [2.45, 2.75) is 25.8 Å². The maximum atomic E-state index is 11.5. The molecule has 1 heterocycles. The first-order valence-corrected chi connectivity index (χ1v) is 4.83. The molecule has 80 valence electrons. The molecule has 0 aromatic heterocycles. The van der Waals surface area contributed by atoms with E-state index in [-0.39, 0.29) is 23.8 Å². The molecular formula is C9H17N3O2. The SMILES string of the molecule is CC(N)CC(=O)N1CCC(C(N)=O)C1. The largest absolute Gasteiger partial charge is 0.369 e. The summed E-state index contributed by atoms with van der Waals surface area (Å²) in [6, 6.07) is -0.130. The minimum atomic E-state index is -0.318. The second kappa shape index (κ2) is 4.41. The Morgan fingerprint density at radius 3 is 2.64 bits per heavy atom. The lowest BCUT2D eigenvalue weighted by atomic mass is 10.1. The quantitative estimate of drug-likeness (QED) is 0.614. The van der Waals surface area contributed by atoms with Crippen LogP contribution >= 0.6 is 0 Å². The van der Waals surface area contributed by atoms with Gasteiger partial charge in [-0.3, -0.25) is 9.59 Å². The van der Waals surface area contributed by atoms with Gasteiger partial charge in [0, 0.05) is 25.6 Å². The van der Waals surface area contributed by atoms with Gasteiger partial charge in [-0.2, -0.15) is 0 Å². The third-order valence-electron chi connectivity index (χ3n) is 2.44. The van der Waals surface area contributed by atoms with Gasteiger partial charge in [-0.05, 0) is 13.3 Å². The molecule has 0 bridgehead atoms. The van der Waals surface area contributed by atoms with Crippen LogP contribution in [-0.4, -0.2) is 35.8 Å². The second-order valence-electron chi connectivity index (χ2n) is 3.91. The Morgan fingerprint density at radius 2 is 2.21 bits per heavy atom. The molecule has 5 nitrogen and oxygen atoms in total. The van der Waals surface area contributed by atoms with Crippen molar-refractivity contribution in [1.82, 2.24) is 4.90 Å². The molecule has 0 spiro atoms. The molecule has 0 aromatic carbocycles. The van der Waals surface area contributed by atoms with Gasteiger partial charge in [0.05, 0.1) is 5.92 Å². The van der Waals surface area contributed by atoms with E-state index in [1.165, 1.54) is 0 Å². The van der Waals surface area contributed by atoms with Gasteiger partial charge in [0.2, 0.25) is 11.8 Å². The molecule has 0 aliphatic carbocycles. The molecule has 1 saturated heterocycles. The van der Waals surface area contributed by atoms with E-state index < -0.39 is 0 Å². The zero-order valence-corrected chi connectivity index (χ0v) is 8.40. The van der Waals surface area contributed by atoms with Crippen LogP contribution in [0.2, 0.25) is 0 Å². The van der Waals surface area contributed by atoms with Crippen LogP contribution in [0, 0.1) is 5.92 Å². The number of carbonyl (C=O) groups is 2. The van der Waals surface area contributed by atoms with Crippen molar-refractivity contribution in [3.8, 4) is 0 Å². The molecule has 4 N–H and O–H groups in total. The standard InChI is InChI=1S/C9H17N3O2/c1-6(10)4-8(13)12-3-2-7(5-12)9(11)14/h6-7H,2-5,10H2,1H3,(H2,11,14). The van der Waals surface area contributed by atoms with Gasteiger partial charge in [0.1, 0.15) is 0 Å². The highest BCUT2D eigenvalue weighted by Gasteiger charge is 2.29. The van der Waals surface area contributed by atoms with Crippen molar-refractivity contribution in [1.29, 1.82) is 0 Å². The zero-order valence-electron chi connectivity index (χ0n) is 8.40. The monoisotopic (exact) mass is 199 g/mol. The summed E-state index contributed by atoms with van der Waals surface area (Å²) in [6.07, 6.45) is 1.02. The molecule has 1 aliphatic rings. The highest BCUT2D eigenvalue weighted by atomic mass is 16.2. The number of likely N-dealkylation sites (tertiary alicyclic amines) is 1. The highest BCUT2D eigenvalue weighted by Crippen LogP contribution is 2.16. The summed E-state index contributed by atoms with van der Waals surface area (Å²) in [5, 5.41) is 0. The van der Waals surface area contributed by atoms with Gasteiger partial charge in [-0.1, -0.05) is 0 Å². The Balaban J connectivity index is 2.42. The van der Waals surface area contributed by atoms with E-state index in [9.17, 15) is 9.59 Å². The van der Waals surface area contributed by atoms with Crippen molar-refractivity contribution in [3.05, 3.63) is 0 Å². The smallest absolute Gasteiger partial charge is 0.224 e. The summed E-state index contributed by atoms with van der Waals surface area (Å²) < 4.78 is 0. The number of rotatable bonds is 3. The fourth-order valence-corrected chi connectivity index (χ4v) is 1.62. The lowest BCUT2D eigenvalue weighted by Crippen LogP contribution is -2.34. The number of hydrogen-bond donors (Lipinski definition) is 2. The predicted octanol–water partition coefficient (Wildman–Crippen LogP) is -0.942. The number of nitrogens with zero attached hydrogens (tertiary/aromatic N) is 1. The van der Waals surface area contributed by atoms with Gasteiger partial charge in [-0.15, -0.1) is 0 Å². The van der Waals surface area contributed by atoms with Crippen LogP contribution in [0.1, 0.15) is 19.8 Å². The van der Waals surface area contributed by atoms with Crippen molar-refractivity contribution < 1.29 is 9.59 Å². The molecule has 0 aromatic rings. The molecule has 1 aliphatic heterocycles. The number of amides is 2. The zero-order chi connectivity index (χ0) is 10.7. The first kappa shape index (κ1) is 11.0. The van der Waals surface area contributed by atoms with Crippen LogP contribution in [0.5, 0.6) is 0 Å². The summed E-state index contributed by atoms with van der Waals surface area (Å²) in [5.74, 6) is -0.475. The van der Waals surface area contributed by atoms with Crippen LogP contribution in [-0.2, 0) is 9.59 Å². The Hall–Kier alpha value is -1.10. The van der Waals surface area contributed by atoms with Gasteiger partial charge < -0.3 is 16.4 Å². The highest BCUT2D eigenvalue weighted by molar-refractivity contribution is 5.81. The van der Waals surface area contributed by atoms with Gasteiger partial charge in [0.25, 0.3) is 0 Å². The number of nitrogens with two attached hydrogens (primary N) is 2. The van der Waals surface area contributed by atoms with Gasteiger partial charge in [-0.25, -0.2) is 0 Å². The van der Waals surface area contributed by atoms with Crippen molar-refractivity contribution in [3.63, 3.8) is 0 Å². The molecule has 2 atom stereocenters. The third kappa shape index (κ3) is 2.70. The van der Waals surface area contributed by atoms with E-state index in [0.29, 0.717) is 25.9 Å². The maximum Gasteiger partial charge on any atom is 0.224 e. The molecule has 0 radical (unpaired) electrons. The molecule has 0 saturated carbocycles. The fourth-order valence-electron chi connectivity index (χ4n) is 1.62. The van der Waals surface area contributed by atoms with E-state index in [1.807, 2.05) is 0 Å². The summed E-state index contributed by atoms with van der Waals surface area (Å²) in [7, 11) is 0. The number of hydrogen-bond acceptors (Lipinski definition) is 3. The van der Waals surface area contributed by atoms with Crippen molar-refractivity contribution in [2.24, 2.45) is 17.4 Å². The van der Waals surface area contributed by atoms with Crippen molar-refractivity contribution in [2.75, 3.05) is 13.1 Å². The van der Waals surface area contributed by atoms with E-state index >= 15 is 0 Å². The Bertz CT molecular complexity index is 240. The molecule has 14 heavy (non-hydrogen) atoms. The normalized spacial score (nSPS) is 23.6. The molecule has 2 amide bonds. The van der Waals surface area contributed by atoms with E-state index in [1.54, 1.807) is 11.8 Å². The van der Waals surface area contributed by atoms with Crippen molar-refractivity contribution >= 4 is 11.8 Å². The van der Waals surface area contributed by atoms with Crippen LogP contribution in [0.25, 0.3) is 0 Å². The molecule has 1 fully saturated rings. The predicted molar refractivity (Wildman–Crippen MR) is 52.1 cm³/mol. The summed E-state index contributed by atoms with van der Waals surface area (Å²) in [4.78, 5) is 24.0. The summed E-state index contributed by atoms with van der Waals surface area (Å²) >= 11 is 0. The minimum absolute atomic E-state index is 0.0174. The summed E-state index contributed by atoms with van der Waals surface area (Å²) in [5.41, 5.74) is 10.7. The molecule has 1 rings (SSSR count). The molecule has 5 heteroatoms. The first-order valence-electron chi connectivity index (χ1n) is 4.83. The maximum absolute atomic E-state index is 11.5. The average molecular weight is 199 g/mol. The lowest BCUT2D eigenvalue weighted by molar-refractivity contribution is -0.130. The first-order chi connectivity index (χ1) is 6.50. The molecule has 2 unspecified atom stereocenters. The van der Waals surface area contributed by atoms with E-state index in [0.717, 1.165) is 0 Å². The van der Waals surface area contributed by atoms with Crippen LogP contribution in [0.3, 0.4) is 0 Å². The Kier molecular flexibility index (Phi) is 3.46. The summed E-state index contributed by atoms with van der Waals surface area (Å²) in [6.45, 7) is 2.87. The third-order valence-corrected chi connectivity index (χ3v) is 2.44. The van der Waals surface area contributed by atoms with Gasteiger partial charge >= 0.3 is 0 Å². The second-order valence-corrected chi connectivity index (χ2v) is 3.91. The number of primary amides is 1. The minimum Gasteiger partial charge on any atom is -0.369 e. The van der Waals surface area contributed by atoms with Crippen LogP contribution < -0.4 is 11.5 Å². The van der Waals surface area contributed by atoms with Crippen LogP contribution in [0.4, 0.5) is 0 Å².